The fourth-order valence-electron chi connectivity index (χ4n) is 2.89. The topological polar surface area (TPSA) is 64.3 Å². The number of hydrogen-bond acceptors (Lipinski definition) is 3. The van der Waals surface area contributed by atoms with Crippen molar-refractivity contribution in [3.8, 4) is 5.75 Å². The van der Waals surface area contributed by atoms with Gasteiger partial charge in [-0.3, -0.25) is 4.79 Å². The first-order valence-electron chi connectivity index (χ1n) is 8.27. The summed E-state index contributed by atoms with van der Waals surface area (Å²) < 4.78 is 5.67. The third-order valence-corrected chi connectivity index (χ3v) is 4.52. The number of halogens is 1. The molecular formula is C20H25ClN2O2. The molecule has 1 aliphatic heterocycles. The van der Waals surface area contributed by atoms with E-state index in [4.69, 9.17) is 10.5 Å². The zero-order valence-corrected chi connectivity index (χ0v) is 15.7. The van der Waals surface area contributed by atoms with Gasteiger partial charge in [0.1, 0.15) is 5.75 Å². The number of nitrogens with one attached hydrogen (secondary N) is 1. The monoisotopic (exact) mass is 360 g/mol. The van der Waals surface area contributed by atoms with Crippen molar-refractivity contribution in [2.45, 2.75) is 38.8 Å². The highest BCUT2D eigenvalue weighted by Crippen LogP contribution is 2.38. The second kappa shape index (κ2) is 7.46. The Morgan fingerprint density at radius 1 is 1.24 bits per heavy atom. The van der Waals surface area contributed by atoms with Gasteiger partial charge in [0.05, 0.1) is 6.61 Å². The molecule has 0 bridgehead atoms. The zero-order valence-electron chi connectivity index (χ0n) is 14.8. The van der Waals surface area contributed by atoms with E-state index in [1.54, 1.807) is 0 Å². The van der Waals surface area contributed by atoms with E-state index in [0.29, 0.717) is 18.7 Å². The second-order valence-electron chi connectivity index (χ2n) is 7.10. The smallest absolute Gasteiger partial charge is 0.251 e. The van der Waals surface area contributed by atoms with Crippen LogP contribution in [-0.4, -0.2) is 12.5 Å². The van der Waals surface area contributed by atoms with Gasteiger partial charge in [0.25, 0.3) is 5.91 Å². The molecule has 3 N–H and O–H groups in total. The van der Waals surface area contributed by atoms with Crippen LogP contribution in [0.1, 0.15) is 53.9 Å². The number of hydrogen-bond donors (Lipinski definition) is 2. The summed E-state index contributed by atoms with van der Waals surface area (Å²) >= 11 is 0. The molecule has 1 amide bonds. The minimum absolute atomic E-state index is 0. The van der Waals surface area contributed by atoms with Crippen molar-refractivity contribution in [1.29, 1.82) is 0 Å². The number of amides is 1. The van der Waals surface area contributed by atoms with Crippen LogP contribution in [0, 0.1) is 0 Å². The highest BCUT2D eigenvalue weighted by atomic mass is 35.5. The standard InChI is InChI=1S/C20H24N2O2.ClH/c1-13(21)15-6-4-14(5-7-15)11-22-19(23)16-8-9-18-17(10-16)20(2,3)12-24-18;/h4-10,13H,11-12,21H2,1-3H3,(H,22,23);1H. The van der Waals surface area contributed by atoms with Crippen LogP contribution in [0.15, 0.2) is 42.5 Å². The van der Waals surface area contributed by atoms with E-state index in [2.05, 4.69) is 19.2 Å². The molecule has 1 aliphatic rings. The summed E-state index contributed by atoms with van der Waals surface area (Å²) in [5.74, 6) is 0.805. The largest absolute Gasteiger partial charge is 0.492 e. The lowest BCUT2D eigenvalue weighted by atomic mass is 9.86. The molecule has 0 aromatic heterocycles. The first-order valence-corrected chi connectivity index (χ1v) is 8.27. The van der Waals surface area contributed by atoms with Crippen molar-refractivity contribution in [1.82, 2.24) is 5.32 Å². The van der Waals surface area contributed by atoms with Crippen molar-refractivity contribution < 1.29 is 9.53 Å². The second-order valence-corrected chi connectivity index (χ2v) is 7.10. The predicted molar refractivity (Wildman–Crippen MR) is 102 cm³/mol. The normalized spacial score (nSPS) is 15.5. The lowest BCUT2D eigenvalue weighted by molar-refractivity contribution is 0.0951. The van der Waals surface area contributed by atoms with Gasteiger partial charge in [-0.25, -0.2) is 0 Å². The molecule has 0 radical (unpaired) electrons. The summed E-state index contributed by atoms with van der Waals surface area (Å²) in [5, 5.41) is 2.97. The molecule has 0 saturated carbocycles. The van der Waals surface area contributed by atoms with Crippen molar-refractivity contribution in [3.63, 3.8) is 0 Å². The van der Waals surface area contributed by atoms with Gasteiger partial charge in [0.15, 0.2) is 0 Å². The van der Waals surface area contributed by atoms with Crippen LogP contribution in [0.5, 0.6) is 5.75 Å². The minimum Gasteiger partial charge on any atom is -0.492 e. The Hall–Kier alpha value is -2.04. The van der Waals surface area contributed by atoms with E-state index in [9.17, 15) is 4.79 Å². The Labute approximate surface area is 155 Å². The quantitative estimate of drug-likeness (QED) is 0.873. The zero-order chi connectivity index (χ0) is 17.3. The highest BCUT2D eigenvalue weighted by molar-refractivity contribution is 5.94. The molecule has 1 atom stereocenters. The van der Waals surface area contributed by atoms with Crippen molar-refractivity contribution in [3.05, 3.63) is 64.7 Å². The molecule has 25 heavy (non-hydrogen) atoms. The molecule has 1 unspecified atom stereocenters. The third kappa shape index (κ3) is 4.14. The van der Waals surface area contributed by atoms with Crippen LogP contribution in [-0.2, 0) is 12.0 Å². The van der Waals surface area contributed by atoms with Crippen LogP contribution in [0.25, 0.3) is 0 Å². The van der Waals surface area contributed by atoms with E-state index >= 15 is 0 Å². The number of ether oxygens (including phenoxy) is 1. The van der Waals surface area contributed by atoms with Crippen LogP contribution < -0.4 is 15.8 Å². The van der Waals surface area contributed by atoms with Crippen molar-refractivity contribution in [2.75, 3.05) is 6.61 Å². The maximum atomic E-state index is 12.4. The first kappa shape index (κ1) is 19.3. The average molecular weight is 361 g/mol. The number of carbonyl (C=O) groups is 1. The maximum Gasteiger partial charge on any atom is 0.251 e. The summed E-state index contributed by atoms with van der Waals surface area (Å²) in [6, 6.07) is 13.7. The minimum atomic E-state index is -0.0724. The summed E-state index contributed by atoms with van der Waals surface area (Å²) in [4.78, 5) is 12.4. The molecule has 0 aliphatic carbocycles. The van der Waals surface area contributed by atoms with Crippen LogP contribution in [0.2, 0.25) is 0 Å². The highest BCUT2D eigenvalue weighted by Gasteiger charge is 2.32. The number of carbonyl (C=O) groups excluding carboxylic acids is 1. The van der Waals surface area contributed by atoms with E-state index in [1.807, 2.05) is 49.4 Å². The van der Waals surface area contributed by atoms with Gasteiger partial charge in [0, 0.05) is 29.1 Å². The SMILES string of the molecule is CC(N)c1ccc(CNC(=O)c2ccc3c(c2)C(C)(C)CO3)cc1.Cl. The summed E-state index contributed by atoms with van der Waals surface area (Å²) in [6.07, 6.45) is 0. The van der Waals surface area contributed by atoms with Gasteiger partial charge >= 0.3 is 0 Å². The van der Waals surface area contributed by atoms with E-state index < -0.39 is 0 Å². The predicted octanol–water partition coefficient (Wildman–Crippen LogP) is 3.73. The molecule has 3 rings (SSSR count). The van der Waals surface area contributed by atoms with Gasteiger partial charge < -0.3 is 15.8 Å². The van der Waals surface area contributed by atoms with Crippen molar-refractivity contribution >= 4 is 18.3 Å². The van der Waals surface area contributed by atoms with Gasteiger partial charge in [-0.15, -0.1) is 12.4 Å². The van der Waals surface area contributed by atoms with Gasteiger partial charge in [-0.2, -0.15) is 0 Å². The molecule has 0 saturated heterocycles. The molecule has 0 spiro atoms. The average Bonchev–Trinajstić information content (AvgIpc) is 2.88. The van der Waals surface area contributed by atoms with Gasteiger partial charge in [-0.05, 0) is 36.2 Å². The fourth-order valence-corrected chi connectivity index (χ4v) is 2.89. The maximum absolute atomic E-state index is 12.4. The lowest BCUT2D eigenvalue weighted by Crippen LogP contribution is -2.24. The number of benzene rings is 2. The van der Waals surface area contributed by atoms with Crippen LogP contribution in [0.4, 0.5) is 0 Å². The van der Waals surface area contributed by atoms with E-state index in [1.165, 1.54) is 0 Å². The Morgan fingerprint density at radius 3 is 2.56 bits per heavy atom. The van der Waals surface area contributed by atoms with E-state index in [0.717, 1.165) is 22.4 Å². The Balaban J connectivity index is 0.00000225. The Bertz CT molecular complexity index is 755. The van der Waals surface area contributed by atoms with Gasteiger partial charge in [0.2, 0.25) is 0 Å². The Kier molecular flexibility index (Phi) is 5.76. The summed E-state index contributed by atoms with van der Waals surface area (Å²) in [7, 11) is 0. The molecule has 0 fully saturated rings. The molecule has 2 aromatic carbocycles. The molecule has 5 heteroatoms. The third-order valence-electron chi connectivity index (χ3n) is 4.52. The molecule has 4 nitrogen and oxygen atoms in total. The lowest BCUT2D eigenvalue weighted by Gasteiger charge is -2.15. The fraction of sp³-hybridized carbons (Fsp3) is 0.350. The molecule has 1 heterocycles. The van der Waals surface area contributed by atoms with Crippen LogP contribution >= 0.6 is 12.4 Å². The number of fused-ring (bicyclic) bond motifs is 1. The number of nitrogens with two attached hydrogens (primary N) is 1. The number of rotatable bonds is 4. The summed E-state index contributed by atoms with van der Waals surface area (Å²) in [6.45, 7) is 7.35. The first-order chi connectivity index (χ1) is 11.4. The van der Waals surface area contributed by atoms with Crippen LogP contribution in [0.3, 0.4) is 0 Å². The van der Waals surface area contributed by atoms with E-state index in [-0.39, 0.29) is 29.8 Å². The summed E-state index contributed by atoms with van der Waals surface area (Å²) in [5.41, 5.74) is 9.70. The van der Waals surface area contributed by atoms with Gasteiger partial charge in [-0.1, -0.05) is 38.1 Å². The molecular weight excluding hydrogens is 336 g/mol. The Morgan fingerprint density at radius 2 is 1.92 bits per heavy atom. The van der Waals surface area contributed by atoms with Crippen molar-refractivity contribution in [2.24, 2.45) is 5.73 Å². The molecule has 2 aromatic rings. The molecule has 134 valence electrons.